The van der Waals surface area contributed by atoms with E-state index in [4.69, 9.17) is 5.11 Å². The van der Waals surface area contributed by atoms with Gasteiger partial charge in [-0.25, -0.2) is 9.59 Å². The van der Waals surface area contributed by atoms with Crippen LogP contribution in [0.1, 0.15) is 6.92 Å². The molecule has 0 aliphatic heterocycles. The Labute approximate surface area is 67.9 Å². The Balaban J connectivity index is 0.000000202. The first-order chi connectivity index (χ1) is 5.54. The van der Waals surface area contributed by atoms with E-state index in [2.05, 4.69) is 15.4 Å². The van der Waals surface area contributed by atoms with E-state index in [1.54, 1.807) is 0 Å². The minimum absolute atomic E-state index is 0.176. The van der Waals surface area contributed by atoms with Crippen molar-refractivity contribution >= 4 is 5.97 Å². The van der Waals surface area contributed by atoms with Crippen molar-refractivity contribution in [1.29, 1.82) is 0 Å². The van der Waals surface area contributed by atoms with Crippen molar-refractivity contribution in [3.05, 3.63) is 35.3 Å². The van der Waals surface area contributed by atoms with Gasteiger partial charge in [-0.2, -0.15) is 0 Å². The van der Waals surface area contributed by atoms with Crippen LogP contribution in [0.4, 0.5) is 0 Å². The summed E-state index contributed by atoms with van der Waals surface area (Å²) in [5, 5.41) is 7.89. The molecule has 0 spiro atoms. The quantitative estimate of drug-likeness (QED) is 0.636. The molecule has 0 amide bonds. The lowest BCUT2D eigenvalue weighted by Crippen LogP contribution is -1.92. The summed E-state index contributed by atoms with van der Waals surface area (Å²) in [6.07, 6.45) is 2.37. The number of carboxylic acid groups (broad SMARTS) is 1. The molecule has 1 N–H and O–H groups in total. The lowest BCUT2D eigenvalue weighted by molar-refractivity contribution is -0.132. The van der Waals surface area contributed by atoms with E-state index in [9.17, 15) is 9.59 Å². The highest BCUT2D eigenvalue weighted by Crippen LogP contribution is 1.81. The van der Waals surface area contributed by atoms with Crippen molar-refractivity contribution < 1.29 is 18.7 Å². The van der Waals surface area contributed by atoms with Crippen LogP contribution in [0.2, 0.25) is 0 Å². The third-order valence-corrected chi connectivity index (χ3v) is 0.749. The zero-order valence-electron chi connectivity index (χ0n) is 6.44. The van der Waals surface area contributed by atoms with Crippen molar-refractivity contribution in [3.63, 3.8) is 0 Å². The van der Waals surface area contributed by atoms with Gasteiger partial charge in [-0.1, -0.05) is 6.58 Å². The van der Waals surface area contributed by atoms with Crippen LogP contribution >= 0.6 is 0 Å². The zero-order chi connectivity index (χ0) is 9.56. The fraction of sp³-hybridized carbons (Fsp3) is 0.143. The van der Waals surface area contributed by atoms with E-state index in [0.717, 1.165) is 0 Å². The maximum Gasteiger partial charge on any atom is 0.518 e. The van der Waals surface area contributed by atoms with E-state index >= 15 is 0 Å². The lowest BCUT2D eigenvalue weighted by Gasteiger charge is -1.79. The minimum atomic E-state index is -0.935. The normalized spacial score (nSPS) is 8.08. The lowest BCUT2D eigenvalue weighted by atomic mass is 10.4. The third kappa shape index (κ3) is 5.04. The number of aliphatic carboxylic acids is 1. The molecule has 0 aliphatic rings. The SMILES string of the molecule is C=C(C)C(=O)O.O=c1occo1. The molecule has 0 atom stereocenters. The first-order valence-corrected chi connectivity index (χ1v) is 2.95. The molecule has 0 saturated carbocycles. The van der Waals surface area contributed by atoms with Gasteiger partial charge in [-0.3, -0.25) is 0 Å². The average Bonchev–Trinajstić information content (AvgIpc) is 2.40. The summed E-state index contributed by atoms with van der Waals surface area (Å²) in [5.41, 5.74) is 0.176. The molecule has 0 aromatic carbocycles. The molecule has 1 heterocycles. The minimum Gasteiger partial charge on any atom is -0.478 e. The molecular weight excluding hydrogens is 164 g/mol. The fourth-order valence-corrected chi connectivity index (χ4v) is 0.194. The zero-order valence-corrected chi connectivity index (χ0v) is 6.44. The molecule has 5 nitrogen and oxygen atoms in total. The van der Waals surface area contributed by atoms with Crippen LogP contribution in [0.15, 0.2) is 38.3 Å². The van der Waals surface area contributed by atoms with Crippen LogP contribution in [0.3, 0.4) is 0 Å². The standard InChI is InChI=1S/C4H6O2.C3H2O3/c1-3(2)4(5)6;4-3-5-1-2-6-3/h1H2,2H3,(H,5,6);1-2H. The summed E-state index contributed by atoms with van der Waals surface area (Å²) in [4.78, 5) is 19.3. The summed E-state index contributed by atoms with van der Waals surface area (Å²) in [6, 6.07) is 0. The Morgan fingerprint density at radius 3 is 1.92 bits per heavy atom. The Kier molecular flexibility index (Phi) is 4.21. The topological polar surface area (TPSA) is 80.6 Å². The Bertz CT molecular complexity index is 277. The third-order valence-electron chi connectivity index (χ3n) is 0.749. The van der Waals surface area contributed by atoms with Gasteiger partial charge in [0.25, 0.3) is 0 Å². The number of hydrogen-bond donors (Lipinski definition) is 1. The largest absolute Gasteiger partial charge is 0.518 e. The van der Waals surface area contributed by atoms with Crippen molar-refractivity contribution in [3.8, 4) is 0 Å². The molecular formula is C7H8O5. The molecule has 0 bridgehead atoms. The fourth-order valence-electron chi connectivity index (χ4n) is 0.194. The van der Waals surface area contributed by atoms with Crippen molar-refractivity contribution in [2.24, 2.45) is 0 Å². The summed E-state index contributed by atoms with van der Waals surface area (Å²) in [7, 11) is 0. The highest BCUT2D eigenvalue weighted by atomic mass is 16.5. The van der Waals surface area contributed by atoms with Crippen molar-refractivity contribution in [2.45, 2.75) is 6.92 Å². The summed E-state index contributed by atoms with van der Waals surface area (Å²) < 4.78 is 8.22. The number of carbonyl (C=O) groups is 1. The van der Waals surface area contributed by atoms with Crippen LogP contribution in [-0.2, 0) is 4.79 Å². The van der Waals surface area contributed by atoms with Gasteiger partial charge in [0.15, 0.2) is 0 Å². The first-order valence-electron chi connectivity index (χ1n) is 2.95. The molecule has 12 heavy (non-hydrogen) atoms. The van der Waals surface area contributed by atoms with Gasteiger partial charge in [-0.15, -0.1) is 0 Å². The molecule has 0 aliphatic carbocycles. The Hall–Kier alpha value is -1.78. The number of carboxylic acids is 1. The van der Waals surface area contributed by atoms with Crippen LogP contribution in [0, 0.1) is 0 Å². The first kappa shape index (κ1) is 10.2. The summed E-state index contributed by atoms with van der Waals surface area (Å²) >= 11 is 0. The molecule has 0 radical (unpaired) electrons. The van der Waals surface area contributed by atoms with Crippen LogP contribution in [0.25, 0.3) is 0 Å². The average molecular weight is 172 g/mol. The van der Waals surface area contributed by atoms with E-state index in [1.165, 1.54) is 19.5 Å². The van der Waals surface area contributed by atoms with Gasteiger partial charge >= 0.3 is 11.8 Å². The highest BCUT2D eigenvalue weighted by Gasteiger charge is 1.90. The van der Waals surface area contributed by atoms with Gasteiger partial charge in [0.1, 0.15) is 12.5 Å². The maximum atomic E-state index is 9.74. The smallest absolute Gasteiger partial charge is 0.478 e. The van der Waals surface area contributed by atoms with Crippen LogP contribution in [-0.4, -0.2) is 11.1 Å². The number of hydrogen-bond acceptors (Lipinski definition) is 4. The molecule has 0 fully saturated rings. The highest BCUT2D eigenvalue weighted by molar-refractivity contribution is 5.84. The van der Waals surface area contributed by atoms with Gasteiger partial charge in [0.2, 0.25) is 0 Å². The number of rotatable bonds is 1. The Morgan fingerprint density at radius 2 is 1.83 bits per heavy atom. The second-order valence-electron chi connectivity index (χ2n) is 1.84. The van der Waals surface area contributed by atoms with Crippen molar-refractivity contribution in [2.75, 3.05) is 0 Å². The van der Waals surface area contributed by atoms with E-state index < -0.39 is 11.8 Å². The maximum absolute atomic E-state index is 9.74. The van der Waals surface area contributed by atoms with Gasteiger partial charge < -0.3 is 13.9 Å². The van der Waals surface area contributed by atoms with E-state index in [0.29, 0.717) is 0 Å². The molecule has 1 aromatic heterocycles. The molecule has 1 aromatic rings. The second kappa shape index (κ2) is 4.95. The summed E-state index contributed by atoms with van der Waals surface area (Å²) in [5.74, 6) is -1.59. The van der Waals surface area contributed by atoms with Gasteiger partial charge in [0, 0.05) is 5.57 Å². The Morgan fingerprint density at radius 1 is 1.50 bits per heavy atom. The summed E-state index contributed by atoms with van der Waals surface area (Å²) in [6.45, 7) is 4.60. The van der Waals surface area contributed by atoms with Crippen LogP contribution in [0.5, 0.6) is 0 Å². The predicted molar refractivity (Wildman–Crippen MR) is 39.7 cm³/mol. The predicted octanol–water partition coefficient (Wildman–Crippen LogP) is 0.880. The molecule has 0 saturated heterocycles. The van der Waals surface area contributed by atoms with E-state index in [-0.39, 0.29) is 5.57 Å². The van der Waals surface area contributed by atoms with Gasteiger partial charge in [0.05, 0.1) is 0 Å². The van der Waals surface area contributed by atoms with Crippen LogP contribution < -0.4 is 5.82 Å². The second-order valence-corrected chi connectivity index (χ2v) is 1.84. The van der Waals surface area contributed by atoms with Crippen molar-refractivity contribution in [1.82, 2.24) is 0 Å². The molecule has 5 heteroatoms. The monoisotopic (exact) mass is 172 g/mol. The molecule has 0 unspecified atom stereocenters. The molecule has 66 valence electrons. The molecule has 1 rings (SSSR count). The van der Waals surface area contributed by atoms with E-state index in [1.807, 2.05) is 0 Å². The van der Waals surface area contributed by atoms with Gasteiger partial charge in [-0.05, 0) is 6.92 Å².